The first-order valence-electron chi connectivity index (χ1n) is 11.9. The van der Waals surface area contributed by atoms with E-state index < -0.39 is 42.1 Å². The van der Waals surface area contributed by atoms with Crippen molar-refractivity contribution in [3.63, 3.8) is 0 Å². The van der Waals surface area contributed by atoms with Crippen molar-refractivity contribution in [2.45, 2.75) is 25.8 Å². The van der Waals surface area contributed by atoms with Crippen LogP contribution in [0.2, 0.25) is 0 Å². The summed E-state index contributed by atoms with van der Waals surface area (Å²) in [5.41, 5.74) is 0.139. The Morgan fingerprint density at radius 1 is 1.07 bits per heavy atom. The second-order valence-corrected chi connectivity index (χ2v) is 9.67. The fourth-order valence-corrected chi connectivity index (χ4v) is 4.19. The second-order valence-electron chi connectivity index (χ2n) is 8.50. The number of benzene rings is 1. The number of hydrogen-bond acceptors (Lipinski definition) is 11. The van der Waals surface area contributed by atoms with E-state index in [1.807, 2.05) is 0 Å². The number of nitrogens with one attached hydrogen (secondary N) is 1. The van der Waals surface area contributed by atoms with E-state index in [2.05, 4.69) is 14.9 Å². The van der Waals surface area contributed by atoms with Crippen molar-refractivity contribution in [3.8, 4) is 17.2 Å². The van der Waals surface area contributed by atoms with Gasteiger partial charge in [0, 0.05) is 43.6 Å². The quantitative estimate of drug-likeness (QED) is 0.0644. The smallest absolute Gasteiger partial charge is 0.493 e. The minimum atomic E-state index is -4.96. The van der Waals surface area contributed by atoms with Gasteiger partial charge in [-0.1, -0.05) is 5.10 Å². The van der Waals surface area contributed by atoms with Crippen LogP contribution in [-0.4, -0.2) is 80.2 Å². The van der Waals surface area contributed by atoms with Crippen molar-refractivity contribution in [2.24, 2.45) is 0 Å². The number of phosphoric ester groups is 1. The molecule has 41 heavy (non-hydrogen) atoms. The van der Waals surface area contributed by atoms with Crippen molar-refractivity contribution in [2.75, 3.05) is 27.3 Å². The highest BCUT2D eigenvalue weighted by Crippen LogP contribution is 2.47. The molecule has 2 heterocycles. The fourth-order valence-electron chi connectivity index (χ4n) is 3.77. The van der Waals surface area contributed by atoms with Gasteiger partial charge in [-0.05, 0) is 23.5 Å². The molecule has 0 atom stereocenters. The zero-order valence-corrected chi connectivity index (χ0v) is 22.7. The van der Waals surface area contributed by atoms with Gasteiger partial charge in [0.15, 0.2) is 23.0 Å². The van der Waals surface area contributed by atoms with Gasteiger partial charge in [0.1, 0.15) is 6.54 Å². The average Bonchev–Trinajstić information content (AvgIpc) is 3.47. The number of carbonyl (C=O) groups excluding carboxylic acids is 4. The number of nitrogens with zero attached hydrogens (tertiary/aromatic N) is 4. The number of imide groups is 1. The van der Waals surface area contributed by atoms with Gasteiger partial charge in [-0.2, -0.15) is 0 Å². The highest BCUT2D eigenvalue weighted by atomic mass is 31.2. The molecule has 0 saturated carbocycles. The van der Waals surface area contributed by atoms with E-state index in [1.165, 1.54) is 26.4 Å². The van der Waals surface area contributed by atoms with E-state index in [-0.39, 0.29) is 61.8 Å². The summed E-state index contributed by atoms with van der Waals surface area (Å²) in [5.74, 6) is -3.03. The van der Waals surface area contributed by atoms with Gasteiger partial charge in [-0.15, -0.1) is 4.68 Å². The van der Waals surface area contributed by atoms with Crippen LogP contribution in [0.15, 0.2) is 30.4 Å². The number of amides is 3. The molecule has 3 rings (SSSR count). The fraction of sp³-hybridized carbons (Fsp3) is 0.348. The zero-order valence-electron chi connectivity index (χ0n) is 21.8. The Labute approximate surface area is 232 Å². The molecule has 1 aliphatic heterocycles. The largest absolute Gasteiger partial charge is 0.525 e. The van der Waals surface area contributed by atoms with Crippen LogP contribution < -0.4 is 19.3 Å². The number of methoxy groups -OCH3 is 2. The predicted octanol–water partition coefficient (Wildman–Crippen LogP) is 0.723. The Balaban J connectivity index is 1.62. The van der Waals surface area contributed by atoms with Crippen LogP contribution in [-0.2, 0) is 25.5 Å². The first-order chi connectivity index (χ1) is 19.3. The third-order valence-corrected chi connectivity index (χ3v) is 6.08. The van der Waals surface area contributed by atoms with Gasteiger partial charge in [-0.25, -0.2) is 4.57 Å². The summed E-state index contributed by atoms with van der Waals surface area (Å²) in [4.78, 5) is 77.8. The van der Waals surface area contributed by atoms with Crippen LogP contribution in [0.3, 0.4) is 0 Å². The van der Waals surface area contributed by atoms with Crippen molar-refractivity contribution < 1.29 is 52.5 Å². The maximum Gasteiger partial charge on any atom is 0.525 e. The molecule has 0 spiro atoms. The Morgan fingerprint density at radius 3 is 2.22 bits per heavy atom. The van der Waals surface area contributed by atoms with E-state index in [0.29, 0.717) is 5.56 Å². The molecule has 0 fully saturated rings. The molecule has 1 aliphatic rings. The summed E-state index contributed by atoms with van der Waals surface area (Å²) in [6.45, 7) is -0.204. The lowest BCUT2D eigenvalue weighted by atomic mass is 10.1. The number of Topliss-reactive ketones (excluding diaryl/α,β-unsaturated/α-hetero) is 1. The lowest BCUT2D eigenvalue weighted by Crippen LogP contribution is -2.35. The van der Waals surface area contributed by atoms with Gasteiger partial charge in [0.25, 0.3) is 11.8 Å². The summed E-state index contributed by atoms with van der Waals surface area (Å²) in [7, 11) is -2.53. The van der Waals surface area contributed by atoms with Gasteiger partial charge < -0.3 is 29.4 Å². The molecule has 3 N–H and O–H groups in total. The molecule has 0 saturated heterocycles. The van der Waals surface area contributed by atoms with E-state index in [9.17, 15) is 33.9 Å². The van der Waals surface area contributed by atoms with Crippen LogP contribution >= 0.6 is 7.82 Å². The van der Waals surface area contributed by atoms with Crippen LogP contribution in [0.1, 0.15) is 35.3 Å². The third kappa shape index (κ3) is 8.20. The van der Waals surface area contributed by atoms with E-state index in [4.69, 9.17) is 19.3 Å². The first kappa shape index (κ1) is 30.9. The van der Waals surface area contributed by atoms with Crippen molar-refractivity contribution in [1.82, 2.24) is 20.0 Å². The Kier molecular flexibility index (Phi) is 9.94. The molecule has 1 aromatic carbocycles. The maximum atomic E-state index is 12.7. The molecule has 17 nitrogen and oxygen atoms in total. The summed E-state index contributed by atoms with van der Waals surface area (Å²) in [6, 6.07) is 3.64. The normalized spacial score (nSPS) is 12.9. The van der Waals surface area contributed by atoms with Gasteiger partial charge in [0.2, 0.25) is 11.7 Å². The summed E-state index contributed by atoms with van der Waals surface area (Å²) >= 11 is 0. The van der Waals surface area contributed by atoms with E-state index in [1.54, 1.807) is 0 Å². The molecule has 0 aliphatic carbocycles. The molecule has 0 bridgehead atoms. The number of ketones is 1. The molecule has 0 radical (unpaired) electrons. The molecule has 3 amide bonds. The predicted molar refractivity (Wildman–Crippen MR) is 137 cm³/mol. The molecule has 1 aromatic heterocycles. The number of aromatic nitrogens is 2. The van der Waals surface area contributed by atoms with Crippen molar-refractivity contribution >= 4 is 37.1 Å². The Hall–Kier alpha value is -4.60. The maximum absolute atomic E-state index is 12.7. The number of rotatable bonds is 15. The highest BCUT2D eigenvalue weighted by Gasteiger charge is 2.27. The summed E-state index contributed by atoms with van der Waals surface area (Å²) in [5, 5.41) is 18.2. The number of hydrogen-bond donors (Lipinski definition) is 3. The zero-order chi connectivity index (χ0) is 30.3. The van der Waals surface area contributed by atoms with Crippen molar-refractivity contribution in [1.29, 1.82) is 0 Å². The SMILES string of the molecule is COc1cc(Cn2nc(C(=O)CCCNC(=O)CCN3C(=O)C=CC3=O)cc2[N+](=O)[O-])cc(OC)c1OP(=O)(O)O. The number of phosphoric acid groups is 1. The van der Waals surface area contributed by atoms with E-state index >= 15 is 0 Å². The number of ether oxygens (including phenoxy) is 2. The standard InChI is InChI=1S/C23H26N5O12P/c1-38-17-10-14(11-18(39-2)23(17)40-41(35,36)37)13-27-20(28(33)34)12-15(25-27)16(29)4-3-8-24-19(30)7-9-26-21(31)5-6-22(26)32/h5-6,10-12H,3-4,7-9,13H2,1-2H3,(H,24,30)(H2,35,36,37). The van der Waals surface area contributed by atoms with Gasteiger partial charge in [0.05, 0.1) is 20.3 Å². The molecule has 0 unspecified atom stereocenters. The van der Waals surface area contributed by atoms with Gasteiger partial charge >= 0.3 is 13.6 Å². The first-order valence-corrected chi connectivity index (χ1v) is 13.4. The Bertz CT molecular complexity index is 1400. The molecule has 220 valence electrons. The van der Waals surface area contributed by atoms with Gasteiger partial charge in [-0.3, -0.25) is 33.9 Å². The summed E-state index contributed by atoms with van der Waals surface area (Å²) < 4.78 is 27.2. The molecular formula is C23H26N5O12P. The van der Waals surface area contributed by atoms with Crippen LogP contribution in [0, 0.1) is 10.1 Å². The lowest BCUT2D eigenvalue weighted by Gasteiger charge is -2.15. The molecular weight excluding hydrogens is 569 g/mol. The minimum absolute atomic E-state index is 0.0757. The monoisotopic (exact) mass is 595 g/mol. The minimum Gasteiger partial charge on any atom is -0.493 e. The van der Waals surface area contributed by atoms with Crippen molar-refractivity contribution in [3.05, 3.63) is 51.7 Å². The number of carbonyl (C=O) groups is 4. The average molecular weight is 595 g/mol. The van der Waals surface area contributed by atoms with Crippen LogP contribution in [0.4, 0.5) is 5.82 Å². The number of nitro groups is 1. The molecule has 2 aromatic rings. The molecule has 18 heteroatoms. The highest BCUT2D eigenvalue weighted by molar-refractivity contribution is 7.46. The topological polar surface area (TPSA) is 230 Å². The third-order valence-electron chi connectivity index (χ3n) is 5.66. The lowest BCUT2D eigenvalue weighted by molar-refractivity contribution is -0.392. The second kappa shape index (κ2) is 13.2. The van der Waals surface area contributed by atoms with Crippen LogP contribution in [0.5, 0.6) is 17.2 Å². The van der Waals surface area contributed by atoms with Crippen LogP contribution in [0.25, 0.3) is 0 Å². The summed E-state index contributed by atoms with van der Waals surface area (Å²) in [6.07, 6.45) is 2.24. The Morgan fingerprint density at radius 2 is 1.68 bits per heavy atom. The van der Waals surface area contributed by atoms with E-state index in [0.717, 1.165) is 27.8 Å².